The largest absolute Gasteiger partial charge is 0.346 e. The third kappa shape index (κ3) is 4.80. The van der Waals surface area contributed by atoms with Gasteiger partial charge < -0.3 is 15.8 Å². The first-order chi connectivity index (χ1) is 17.5. The van der Waals surface area contributed by atoms with Crippen LogP contribution in [0, 0.1) is 5.92 Å². The van der Waals surface area contributed by atoms with Gasteiger partial charge in [-0.25, -0.2) is 0 Å². The van der Waals surface area contributed by atoms with E-state index >= 15 is 0 Å². The number of β-lactam (4-membered cyclic amide) rings is 1. The van der Waals surface area contributed by atoms with E-state index in [2.05, 4.69) is 5.32 Å². The fourth-order valence-electron chi connectivity index (χ4n) is 4.96. The van der Waals surface area contributed by atoms with E-state index in [9.17, 15) is 14.4 Å². The first kappa shape index (κ1) is 23.9. The predicted octanol–water partition coefficient (Wildman–Crippen LogP) is 2.76. The number of Topliss-reactive ketones (excluding diaryl/α,β-unsaturated/α-hetero) is 1. The summed E-state index contributed by atoms with van der Waals surface area (Å²) in [6.07, 6.45) is -0.804. The van der Waals surface area contributed by atoms with Crippen LogP contribution < -0.4 is 11.1 Å². The van der Waals surface area contributed by atoms with Crippen LogP contribution in [-0.2, 0) is 32.0 Å². The molecule has 0 radical (unpaired) electrons. The van der Waals surface area contributed by atoms with Crippen molar-refractivity contribution in [3.63, 3.8) is 0 Å². The van der Waals surface area contributed by atoms with E-state index in [4.69, 9.17) is 10.5 Å². The number of fused-ring (bicyclic) bond motifs is 1. The second-order valence-electron chi connectivity index (χ2n) is 9.27. The first-order valence-electron chi connectivity index (χ1n) is 12.2. The number of hydrogen-bond acceptors (Lipinski definition) is 5. The van der Waals surface area contributed by atoms with Crippen molar-refractivity contribution in [3.8, 4) is 0 Å². The van der Waals surface area contributed by atoms with Gasteiger partial charge in [0.1, 0.15) is 18.2 Å². The molecule has 5 rings (SSSR count). The molecule has 7 nitrogen and oxygen atoms in total. The highest BCUT2D eigenvalue weighted by Crippen LogP contribution is 2.43. The maximum absolute atomic E-state index is 13.7. The molecule has 2 amide bonds. The Morgan fingerprint density at radius 3 is 2.11 bits per heavy atom. The summed E-state index contributed by atoms with van der Waals surface area (Å²) >= 11 is 0. The fraction of sp³-hybridized carbons (Fsp3) is 0.276. The number of nitrogens with two attached hydrogens (primary N) is 1. The lowest BCUT2D eigenvalue weighted by Crippen LogP contribution is -2.67. The Labute approximate surface area is 210 Å². The van der Waals surface area contributed by atoms with Gasteiger partial charge in [0.15, 0.2) is 12.0 Å². The highest BCUT2D eigenvalue weighted by Gasteiger charge is 2.61. The average molecular weight is 484 g/mol. The number of carbonyl (C=O) groups excluding carboxylic acids is 3. The van der Waals surface area contributed by atoms with Crippen molar-refractivity contribution >= 4 is 17.6 Å². The summed E-state index contributed by atoms with van der Waals surface area (Å²) in [5, 5.41) is 2.89. The number of nitrogens with one attached hydrogen (secondary N) is 1. The lowest BCUT2D eigenvalue weighted by molar-refractivity contribution is -0.178. The Hall–Kier alpha value is -3.81. The van der Waals surface area contributed by atoms with E-state index in [1.807, 2.05) is 91.0 Å². The third-order valence-corrected chi connectivity index (χ3v) is 6.88. The molecule has 36 heavy (non-hydrogen) atoms. The van der Waals surface area contributed by atoms with E-state index in [0.717, 1.165) is 16.7 Å². The van der Waals surface area contributed by atoms with Crippen LogP contribution in [0.15, 0.2) is 91.0 Å². The Morgan fingerprint density at radius 1 is 0.889 bits per heavy atom. The van der Waals surface area contributed by atoms with Gasteiger partial charge in [-0.2, -0.15) is 0 Å². The minimum Gasteiger partial charge on any atom is -0.346 e. The molecule has 2 unspecified atom stereocenters. The maximum Gasteiger partial charge on any atom is 0.241 e. The van der Waals surface area contributed by atoms with E-state index in [1.54, 1.807) is 0 Å². The summed E-state index contributed by atoms with van der Waals surface area (Å²) in [7, 11) is 0. The molecule has 2 heterocycles. The van der Waals surface area contributed by atoms with Crippen LogP contribution in [-0.4, -0.2) is 40.9 Å². The summed E-state index contributed by atoms with van der Waals surface area (Å²) in [4.78, 5) is 41.0. The standard InChI is InChI=1S/C29H29N3O4/c30-27-26(21-14-8-3-9-15-21)36-29-24(28(35)32(27)29)25(34)22(18-20-12-6-2-7-13-20)31-23(33)17-16-19-10-4-1-5-11-19/h1-15,22,24,26-27,29H,16-18,30H2,(H,31,33)/t22-,24-,26?,27?,29+/m0/s1. The van der Waals surface area contributed by atoms with Crippen molar-refractivity contribution in [1.82, 2.24) is 10.2 Å². The molecular weight excluding hydrogens is 454 g/mol. The maximum atomic E-state index is 13.7. The summed E-state index contributed by atoms with van der Waals surface area (Å²) in [5.74, 6) is -1.93. The molecule has 7 heteroatoms. The predicted molar refractivity (Wildman–Crippen MR) is 134 cm³/mol. The first-order valence-corrected chi connectivity index (χ1v) is 12.2. The summed E-state index contributed by atoms with van der Waals surface area (Å²) in [5.41, 5.74) is 9.12. The zero-order chi connectivity index (χ0) is 25.1. The SMILES string of the molecule is NC1C(c2ccccc2)O[C@@H]2[C@@H](C(=O)[C@H](Cc3ccccc3)NC(=O)CCc3ccccc3)C(=O)N12. The second kappa shape index (κ2) is 10.4. The summed E-state index contributed by atoms with van der Waals surface area (Å²) in [6.45, 7) is 0. The number of amides is 2. The van der Waals surface area contributed by atoms with E-state index < -0.39 is 30.5 Å². The second-order valence-corrected chi connectivity index (χ2v) is 9.27. The number of ether oxygens (including phenoxy) is 1. The Balaban J connectivity index is 1.30. The monoisotopic (exact) mass is 483 g/mol. The molecule has 3 N–H and O–H groups in total. The Morgan fingerprint density at radius 2 is 1.47 bits per heavy atom. The molecular formula is C29H29N3O4. The number of hydrogen-bond donors (Lipinski definition) is 2. The van der Waals surface area contributed by atoms with Gasteiger partial charge in [0, 0.05) is 6.42 Å². The summed E-state index contributed by atoms with van der Waals surface area (Å²) in [6, 6.07) is 27.8. The molecule has 3 aromatic carbocycles. The number of ketones is 1. The van der Waals surface area contributed by atoms with Crippen molar-refractivity contribution in [2.45, 2.75) is 43.8 Å². The quantitative estimate of drug-likeness (QED) is 0.360. The number of rotatable bonds is 9. The van der Waals surface area contributed by atoms with Crippen LogP contribution in [0.25, 0.3) is 0 Å². The third-order valence-electron chi connectivity index (χ3n) is 6.88. The normalized spacial score (nSPS) is 23.5. The van der Waals surface area contributed by atoms with Gasteiger partial charge in [-0.05, 0) is 29.5 Å². The van der Waals surface area contributed by atoms with Crippen molar-refractivity contribution in [1.29, 1.82) is 0 Å². The van der Waals surface area contributed by atoms with E-state index in [-0.39, 0.29) is 24.0 Å². The molecule has 2 aliphatic rings. The van der Waals surface area contributed by atoms with Gasteiger partial charge in [-0.3, -0.25) is 19.3 Å². The number of nitrogens with zero attached hydrogens (tertiary/aromatic N) is 1. The molecule has 0 aromatic heterocycles. The van der Waals surface area contributed by atoms with Crippen LogP contribution in [0.2, 0.25) is 0 Å². The molecule has 3 aromatic rings. The molecule has 0 bridgehead atoms. The molecule has 184 valence electrons. The molecule has 2 fully saturated rings. The van der Waals surface area contributed by atoms with Gasteiger partial charge in [-0.1, -0.05) is 91.0 Å². The van der Waals surface area contributed by atoms with Crippen LogP contribution in [0.4, 0.5) is 0 Å². The summed E-state index contributed by atoms with van der Waals surface area (Å²) < 4.78 is 6.12. The Bertz CT molecular complexity index is 1220. The zero-order valence-electron chi connectivity index (χ0n) is 19.8. The highest BCUT2D eigenvalue weighted by molar-refractivity contribution is 6.09. The number of aryl methyl sites for hydroxylation is 1. The van der Waals surface area contributed by atoms with Crippen LogP contribution in [0.3, 0.4) is 0 Å². The smallest absolute Gasteiger partial charge is 0.241 e. The number of benzene rings is 3. The molecule has 0 spiro atoms. The zero-order valence-corrected chi connectivity index (χ0v) is 19.8. The minimum atomic E-state index is -0.993. The highest BCUT2D eigenvalue weighted by atomic mass is 16.5. The van der Waals surface area contributed by atoms with E-state index in [0.29, 0.717) is 12.8 Å². The van der Waals surface area contributed by atoms with Crippen molar-refractivity contribution in [2.24, 2.45) is 11.7 Å². The van der Waals surface area contributed by atoms with Gasteiger partial charge in [0.2, 0.25) is 11.8 Å². The van der Waals surface area contributed by atoms with Crippen LogP contribution in [0.5, 0.6) is 0 Å². The van der Waals surface area contributed by atoms with Gasteiger partial charge >= 0.3 is 0 Å². The van der Waals surface area contributed by atoms with Gasteiger partial charge in [0.25, 0.3) is 0 Å². The van der Waals surface area contributed by atoms with Crippen molar-refractivity contribution in [2.75, 3.05) is 0 Å². The molecule has 5 atom stereocenters. The van der Waals surface area contributed by atoms with Crippen molar-refractivity contribution < 1.29 is 19.1 Å². The van der Waals surface area contributed by atoms with Gasteiger partial charge in [0.05, 0.1) is 6.04 Å². The van der Waals surface area contributed by atoms with Crippen LogP contribution in [0.1, 0.15) is 29.2 Å². The van der Waals surface area contributed by atoms with Gasteiger partial charge in [-0.15, -0.1) is 0 Å². The lowest BCUT2D eigenvalue weighted by atomic mass is 9.85. The average Bonchev–Trinajstić information content (AvgIpc) is 3.20. The molecule has 0 saturated carbocycles. The topological polar surface area (TPSA) is 102 Å². The molecule has 2 saturated heterocycles. The lowest BCUT2D eigenvalue weighted by Gasteiger charge is -2.42. The Kier molecular flexibility index (Phi) is 6.93. The number of carbonyl (C=O) groups is 3. The fourth-order valence-corrected chi connectivity index (χ4v) is 4.96. The van der Waals surface area contributed by atoms with Crippen molar-refractivity contribution in [3.05, 3.63) is 108 Å². The van der Waals surface area contributed by atoms with E-state index in [1.165, 1.54) is 4.90 Å². The van der Waals surface area contributed by atoms with Crippen LogP contribution >= 0.6 is 0 Å². The molecule has 2 aliphatic heterocycles. The minimum absolute atomic E-state index is 0.233. The molecule has 0 aliphatic carbocycles.